The summed E-state index contributed by atoms with van der Waals surface area (Å²) in [6, 6.07) is 1.78. The third-order valence-corrected chi connectivity index (χ3v) is 4.75. The van der Waals surface area contributed by atoms with Gasteiger partial charge < -0.3 is 14.0 Å². The number of aromatic nitrogens is 1. The van der Waals surface area contributed by atoms with E-state index in [4.69, 9.17) is 9.47 Å². The SMILES string of the molecule is C=Cc1c(OC)c(Br)c2c(cc(C(=O)OC)n2C)c1Br. The summed E-state index contributed by atoms with van der Waals surface area (Å²) in [5.41, 5.74) is 2.14. The van der Waals surface area contributed by atoms with Crippen LogP contribution in [0.2, 0.25) is 0 Å². The molecule has 0 radical (unpaired) electrons. The number of carbonyl (C=O) groups excluding carboxylic acids is 1. The fraction of sp³-hybridized carbons (Fsp3) is 0.214. The van der Waals surface area contributed by atoms with Crippen molar-refractivity contribution in [2.75, 3.05) is 14.2 Å². The Morgan fingerprint density at radius 3 is 2.50 bits per heavy atom. The number of esters is 1. The second kappa shape index (κ2) is 5.61. The van der Waals surface area contributed by atoms with Crippen LogP contribution in [0.5, 0.6) is 5.75 Å². The first kappa shape index (κ1) is 15.1. The molecule has 2 aromatic rings. The Morgan fingerprint density at radius 1 is 1.35 bits per heavy atom. The summed E-state index contributed by atoms with van der Waals surface area (Å²) in [5, 5.41) is 0.885. The summed E-state index contributed by atoms with van der Waals surface area (Å²) >= 11 is 7.09. The van der Waals surface area contributed by atoms with E-state index in [2.05, 4.69) is 38.4 Å². The molecule has 20 heavy (non-hydrogen) atoms. The van der Waals surface area contributed by atoms with Crippen molar-refractivity contribution in [2.45, 2.75) is 0 Å². The maximum Gasteiger partial charge on any atom is 0.354 e. The first-order valence-electron chi connectivity index (χ1n) is 5.73. The van der Waals surface area contributed by atoms with Crippen LogP contribution in [0.4, 0.5) is 0 Å². The van der Waals surface area contributed by atoms with Crippen molar-refractivity contribution in [1.82, 2.24) is 4.57 Å². The number of aryl methyl sites for hydroxylation is 1. The van der Waals surface area contributed by atoms with Gasteiger partial charge >= 0.3 is 5.97 Å². The molecule has 1 aromatic carbocycles. The first-order chi connectivity index (χ1) is 9.47. The van der Waals surface area contributed by atoms with E-state index in [1.807, 2.05) is 0 Å². The second-order valence-corrected chi connectivity index (χ2v) is 5.71. The molecule has 2 rings (SSSR count). The topological polar surface area (TPSA) is 40.5 Å². The van der Waals surface area contributed by atoms with Crippen LogP contribution in [0.1, 0.15) is 16.1 Å². The normalized spacial score (nSPS) is 10.7. The van der Waals surface area contributed by atoms with Gasteiger partial charge in [-0.15, -0.1) is 0 Å². The smallest absolute Gasteiger partial charge is 0.354 e. The van der Waals surface area contributed by atoms with E-state index in [1.165, 1.54) is 7.11 Å². The molecule has 106 valence electrons. The molecule has 6 heteroatoms. The highest BCUT2D eigenvalue weighted by molar-refractivity contribution is 9.11. The van der Waals surface area contributed by atoms with Gasteiger partial charge in [-0.05, 0) is 37.9 Å². The first-order valence-corrected chi connectivity index (χ1v) is 7.31. The minimum Gasteiger partial charge on any atom is -0.495 e. The second-order valence-electron chi connectivity index (χ2n) is 4.12. The summed E-state index contributed by atoms with van der Waals surface area (Å²) in [6.45, 7) is 3.80. The molecule has 0 aliphatic heterocycles. The standard InChI is InChI=1S/C14H13Br2NO3/c1-5-7-10(15)8-6-9(14(18)20-4)17(2)12(8)11(16)13(7)19-3/h5-6H,1H2,2-4H3. The van der Waals surface area contributed by atoms with Gasteiger partial charge in [0.25, 0.3) is 0 Å². The Labute approximate surface area is 133 Å². The number of fused-ring (bicyclic) bond motifs is 1. The maximum absolute atomic E-state index is 11.8. The lowest BCUT2D eigenvalue weighted by atomic mass is 10.1. The quantitative estimate of drug-likeness (QED) is 0.724. The Kier molecular flexibility index (Phi) is 4.25. The molecule has 0 aliphatic carbocycles. The predicted molar refractivity (Wildman–Crippen MR) is 86.3 cm³/mol. The molecule has 0 N–H and O–H groups in total. The third-order valence-electron chi connectivity index (χ3n) is 3.16. The van der Waals surface area contributed by atoms with Crippen molar-refractivity contribution in [2.24, 2.45) is 7.05 Å². The van der Waals surface area contributed by atoms with Crippen LogP contribution in [0, 0.1) is 0 Å². The van der Waals surface area contributed by atoms with E-state index >= 15 is 0 Å². The number of rotatable bonds is 3. The number of nitrogens with zero attached hydrogens (tertiary/aromatic N) is 1. The minimum atomic E-state index is -0.387. The lowest BCUT2D eigenvalue weighted by molar-refractivity contribution is 0.0590. The summed E-state index contributed by atoms with van der Waals surface area (Å²) in [4.78, 5) is 11.8. The van der Waals surface area contributed by atoms with Gasteiger partial charge in [-0.3, -0.25) is 0 Å². The molecule has 1 aromatic heterocycles. The molecule has 0 unspecified atom stereocenters. The molecule has 0 spiro atoms. The number of hydrogen-bond donors (Lipinski definition) is 0. The van der Waals surface area contributed by atoms with Gasteiger partial charge in [-0.2, -0.15) is 0 Å². The van der Waals surface area contributed by atoms with Gasteiger partial charge in [-0.1, -0.05) is 12.7 Å². The van der Waals surface area contributed by atoms with Crippen LogP contribution in [-0.4, -0.2) is 24.8 Å². The minimum absolute atomic E-state index is 0.387. The van der Waals surface area contributed by atoms with Gasteiger partial charge in [0.2, 0.25) is 0 Å². The third kappa shape index (κ3) is 2.07. The highest BCUT2D eigenvalue weighted by Crippen LogP contribution is 2.43. The molecule has 0 fully saturated rings. The number of carbonyl (C=O) groups is 1. The molecule has 4 nitrogen and oxygen atoms in total. The molecule has 0 aliphatic rings. The van der Waals surface area contributed by atoms with Crippen LogP contribution in [-0.2, 0) is 11.8 Å². The Morgan fingerprint density at radius 2 is 2.00 bits per heavy atom. The van der Waals surface area contributed by atoms with Crippen molar-refractivity contribution in [1.29, 1.82) is 0 Å². The van der Waals surface area contributed by atoms with E-state index in [0.29, 0.717) is 11.4 Å². The lowest BCUT2D eigenvalue weighted by Gasteiger charge is -2.12. The Hall–Kier alpha value is -1.27. The number of ether oxygens (including phenoxy) is 2. The van der Waals surface area contributed by atoms with Crippen LogP contribution in [0.25, 0.3) is 17.0 Å². The van der Waals surface area contributed by atoms with Gasteiger partial charge in [0.15, 0.2) is 0 Å². The van der Waals surface area contributed by atoms with Crippen molar-refractivity contribution in [3.8, 4) is 5.75 Å². The number of methoxy groups -OCH3 is 2. The van der Waals surface area contributed by atoms with E-state index in [1.54, 1.807) is 30.9 Å². The van der Waals surface area contributed by atoms with Gasteiger partial charge in [0, 0.05) is 22.5 Å². The molecule has 0 bridgehead atoms. The average molecular weight is 403 g/mol. The van der Waals surface area contributed by atoms with E-state index in [0.717, 1.165) is 25.4 Å². The molecular formula is C14H13Br2NO3. The van der Waals surface area contributed by atoms with Crippen LogP contribution in [0.3, 0.4) is 0 Å². The zero-order valence-electron chi connectivity index (χ0n) is 11.3. The highest BCUT2D eigenvalue weighted by Gasteiger charge is 2.22. The number of benzene rings is 1. The Balaban J connectivity index is 2.96. The fourth-order valence-corrected chi connectivity index (χ4v) is 3.69. The number of halogens is 2. The maximum atomic E-state index is 11.8. The number of hydrogen-bond acceptors (Lipinski definition) is 3. The lowest BCUT2D eigenvalue weighted by Crippen LogP contribution is -2.07. The van der Waals surface area contributed by atoms with E-state index in [-0.39, 0.29) is 5.97 Å². The largest absolute Gasteiger partial charge is 0.495 e. The van der Waals surface area contributed by atoms with Crippen molar-refractivity contribution >= 4 is 54.8 Å². The predicted octanol–water partition coefficient (Wildman–Crippen LogP) is 4.14. The van der Waals surface area contributed by atoms with E-state index in [9.17, 15) is 4.79 Å². The fourth-order valence-electron chi connectivity index (χ4n) is 2.19. The van der Waals surface area contributed by atoms with Gasteiger partial charge in [0.05, 0.1) is 24.2 Å². The molecule has 0 atom stereocenters. The molecular weight excluding hydrogens is 390 g/mol. The molecule has 0 saturated heterocycles. The average Bonchev–Trinajstić information content (AvgIpc) is 2.79. The summed E-state index contributed by atoms with van der Waals surface area (Å²) in [5.74, 6) is 0.276. The summed E-state index contributed by atoms with van der Waals surface area (Å²) in [6.07, 6.45) is 1.71. The van der Waals surface area contributed by atoms with Crippen LogP contribution < -0.4 is 4.74 Å². The van der Waals surface area contributed by atoms with Crippen molar-refractivity contribution < 1.29 is 14.3 Å². The van der Waals surface area contributed by atoms with Crippen LogP contribution in [0.15, 0.2) is 21.6 Å². The zero-order valence-corrected chi connectivity index (χ0v) is 14.5. The van der Waals surface area contributed by atoms with Gasteiger partial charge in [0.1, 0.15) is 11.4 Å². The molecule has 1 heterocycles. The molecule has 0 amide bonds. The zero-order chi connectivity index (χ0) is 15.0. The van der Waals surface area contributed by atoms with Crippen molar-refractivity contribution in [3.05, 3.63) is 32.8 Å². The van der Waals surface area contributed by atoms with E-state index < -0.39 is 0 Å². The van der Waals surface area contributed by atoms with Crippen LogP contribution >= 0.6 is 31.9 Å². The monoisotopic (exact) mass is 401 g/mol. The summed E-state index contributed by atoms with van der Waals surface area (Å²) < 4.78 is 13.6. The summed E-state index contributed by atoms with van der Waals surface area (Å²) in [7, 11) is 4.76. The Bertz CT molecular complexity index is 719. The van der Waals surface area contributed by atoms with Gasteiger partial charge in [-0.25, -0.2) is 4.79 Å². The highest BCUT2D eigenvalue weighted by atomic mass is 79.9. The molecule has 0 saturated carbocycles. The van der Waals surface area contributed by atoms with Crippen molar-refractivity contribution in [3.63, 3.8) is 0 Å².